The van der Waals surface area contributed by atoms with Gasteiger partial charge in [0.25, 0.3) is 5.91 Å². The number of H-pyrrole nitrogens is 1. The van der Waals surface area contributed by atoms with Gasteiger partial charge in [-0.1, -0.05) is 0 Å². The highest BCUT2D eigenvalue weighted by Gasteiger charge is 2.22. The Labute approximate surface area is 113 Å². The van der Waals surface area contributed by atoms with Crippen LogP contribution in [0.4, 0.5) is 0 Å². The van der Waals surface area contributed by atoms with E-state index >= 15 is 0 Å². The van der Waals surface area contributed by atoms with Crippen LogP contribution in [0.3, 0.4) is 0 Å². The summed E-state index contributed by atoms with van der Waals surface area (Å²) in [5.74, 6) is -0.0115. The van der Waals surface area contributed by atoms with E-state index < -0.39 is 0 Å². The number of rotatable bonds is 2. The van der Waals surface area contributed by atoms with Gasteiger partial charge in [0.1, 0.15) is 12.0 Å². The van der Waals surface area contributed by atoms with E-state index in [9.17, 15) is 9.59 Å². The van der Waals surface area contributed by atoms with Crippen molar-refractivity contribution in [3.05, 3.63) is 18.1 Å². The number of carbonyl (C=O) groups excluding carboxylic acids is 2. The van der Waals surface area contributed by atoms with E-state index in [0.29, 0.717) is 24.6 Å². The second-order valence-electron chi connectivity index (χ2n) is 4.32. The molecule has 0 radical (unpaired) electrons. The van der Waals surface area contributed by atoms with Gasteiger partial charge in [-0.25, -0.2) is 0 Å². The quantitative estimate of drug-likeness (QED) is 0.677. The van der Waals surface area contributed by atoms with Crippen molar-refractivity contribution in [1.29, 1.82) is 0 Å². The number of aromatic amines is 1. The zero-order chi connectivity index (χ0) is 13.9. The highest BCUT2D eigenvalue weighted by atomic mass is 16.2. The molecule has 0 aliphatic carbocycles. The number of hydrogen-bond acceptors (Lipinski definition) is 6. The summed E-state index contributed by atoms with van der Waals surface area (Å²) in [7, 11) is 0. The van der Waals surface area contributed by atoms with E-state index in [0.717, 1.165) is 6.42 Å². The Morgan fingerprint density at radius 3 is 3.10 bits per heavy atom. The van der Waals surface area contributed by atoms with Crippen LogP contribution in [-0.2, 0) is 4.79 Å². The summed E-state index contributed by atoms with van der Waals surface area (Å²) < 4.78 is 1.34. The van der Waals surface area contributed by atoms with Crippen molar-refractivity contribution in [1.82, 2.24) is 40.6 Å². The first-order valence-corrected chi connectivity index (χ1v) is 6.09. The topological polar surface area (TPSA) is 122 Å². The Morgan fingerprint density at radius 1 is 1.40 bits per heavy atom. The van der Waals surface area contributed by atoms with E-state index in [1.165, 1.54) is 15.9 Å². The first kappa shape index (κ1) is 12.3. The van der Waals surface area contributed by atoms with Crippen molar-refractivity contribution >= 4 is 11.8 Å². The molecule has 20 heavy (non-hydrogen) atoms. The van der Waals surface area contributed by atoms with Gasteiger partial charge in [0, 0.05) is 19.2 Å². The minimum Gasteiger partial charge on any atom is -0.354 e. The Hall–Kier alpha value is -2.78. The van der Waals surface area contributed by atoms with Crippen molar-refractivity contribution in [2.24, 2.45) is 0 Å². The average Bonchev–Trinajstić information content (AvgIpc) is 3.07. The maximum atomic E-state index is 12.3. The molecule has 0 spiro atoms. The van der Waals surface area contributed by atoms with Gasteiger partial charge in [-0.15, -0.1) is 5.10 Å². The average molecular weight is 276 g/mol. The maximum absolute atomic E-state index is 12.3. The number of tetrazole rings is 1. The van der Waals surface area contributed by atoms with Crippen LogP contribution in [0.15, 0.2) is 12.4 Å². The molecule has 0 atom stereocenters. The van der Waals surface area contributed by atoms with Crippen molar-refractivity contribution in [2.45, 2.75) is 6.42 Å². The zero-order valence-electron chi connectivity index (χ0n) is 10.5. The van der Waals surface area contributed by atoms with Crippen LogP contribution < -0.4 is 5.32 Å². The lowest BCUT2D eigenvalue weighted by atomic mass is 10.3. The minimum absolute atomic E-state index is 0.0536. The Balaban J connectivity index is 1.78. The summed E-state index contributed by atoms with van der Waals surface area (Å²) >= 11 is 0. The molecule has 0 aromatic carbocycles. The minimum atomic E-state index is -0.270. The van der Waals surface area contributed by atoms with Gasteiger partial charge in [-0.3, -0.25) is 14.7 Å². The van der Waals surface area contributed by atoms with E-state index in [1.807, 2.05) is 0 Å². The first-order valence-electron chi connectivity index (χ1n) is 6.09. The zero-order valence-corrected chi connectivity index (χ0v) is 10.5. The molecule has 2 aromatic heterocycles. The highest BCUT2D eigenvalue weighted by Crippen LogP contribution is 2.08. The molecular formula is C10H12N8O2. The third-order valence-electron chi connectivity index (χ3n) is 2.93. The Morgan fingerprint density at radius 2 is 2.30 bits per heavy atom. The molecule has 3 rings (SSSR count). The smallest absolute Gasteiger partial charge is 0.272 e. The standard InChI is InChI=1S/C10H12N8O2/c19-9-5-17(3-1-2-11-9)10(20)7-4-8(14-13-7)18-6-12-15-16-18/h4,6H,1-3,5H2,(H,11,19)(H,13,14). The van der Waals surface area contributed by atoms with Crippen molar-refractivity contribution < 1.29 is 9.59 Å². The van der Waals surface area contributed by atoms with E-state index in [2.05, 4.69) is 31.0 Å². The Kier molecular flexibility index (Phi) is 3.11. The third-order valence-corrected chi connectivity index (χ3v) is 2.93. The molecule has 0 saturated carbocycles. The second kappa shape index (κ2) is 5.07. The van der Waals surface area contributed by atoms with Gasteiger partial charge >= 0.3 is 0 Å². The first-order chi connectivity index (χ1) is 9.74. The molecule has 3 heterocycles. The van der Waals surface area contributed by atoms with Gasteiger partial charge in [0.15, 0.2) is 5.82 Å². The summed E-state index contributed by atoms with van der Waals surface area (Å²) in [5, 5.41) is 20.0. The lowest BCUT2D eigenvalue weighted by Crippen LogP contribution is -2.37. The molecule has 2 aromatic rings. The summed E-state index contributed by atoms with van der Waals surface area (Å²) in [5.41, 5.74) is 0.296. The Bertz CT molecular complexity index is 619. The molecule has 1 fully saturated rings. The van der Waals surface area contributed by atoms with Crippen LogP contribution in [0.5, 0.6) is 0 Å². The monoisotopic (exact) mass is 276 g/mol. The third kappa shape index (κ3) is 2.35. The van der Waals surface area contributed by atoms with Gasteiger partial charge < -0.3 is 10.2 Å². The molecule has 2 N–H and O–H groups in total. The lowest BCUT2D eigenvalue weighted by Gasteiger charge is -2.17. The van der Waals surface area contributed by atoms with Crippen molar-refractivity contribution in [3.8, 4) is 5.82 Å². The molecule has 0 unspecified atom stereocenters. The SMILES string of the molecule is O=C1CN(C(=O)c2cc(-n3cnnn3)n[nH]2)CCCN1. The van der Waals surface area contributed by atoms with Gasteiger partial charge in [-0.2, -0.15) is 9.78 Å². The summed E-state index contributed by atoms with van der Waals surface area (Å²) in [6.45, 7) is 1.16. The van der Waals surface area contributed by atoms with E-state index in [1.54, 1.807) is 6.07 Å². The number of hydrogen-bond donors (Lipinski definition) is 2. The molecular weight excluding hydrogens is 264 g/mol. The predicted molar refractivity (Wildman–Crippen MR) is 64.8 cm³/mol. The number of nitrogens with one attached hydrogen (secondary N) is 2. The number of nitrogens with zero attached hydrogens (tertiary/aromatic N) is 6. The van der Waals surface area contributed by atoms with Crippen molar-refractivity contribution in [3.63, 3.8) is 0 Å². The number of aromatic nitrogens is 6. The van der Waals surface area contributed by atoms with Crippen LogP contribution >= 0.6 is 0 Å². The fraction of sp³-hybridized carbons (Fsp3) is 0.400. The van der Waals surface area contributed by atoms with Gasteiger partial charge in [-0.05, 0) is 16.8 Å². The fourth-order valence-corrected chi connectivity index (χ4v) is 1.95. The molecule has 2 amide bonds. The molecule has 0 bridgehead atoms. The van der Waals surface area contributed by atoms with Crippen LogP contribution in [0, 0.1) is 0 Å². The summed E-state index contributed by atoms with van der Waals surface area (Å²) in [6, 6.07) is 1.54. The van der Waals surface area contributed by atoms with Crippen LogP contribution in [0.1, 0.15) is 16.9 Å². The normalized spacial score (nSPS) is 15.8. The van der Waals surface area contributed by atoms with E-state index in [4.69, 9.17) is 0 Å². The maximum Gasteiger partial charge on any atom is 0.272 e. The molecule has 10 heteroatoms. The van der Waals surface area contributed by atoms with Gasteiger partial charge in [0.05, 0.1) is 6.54 Å². The largest absolute Gasteiger partial charge is 0.354 e. The summed E-state index contributed by atoms with van der Waals surface area (Å²) in [4.78, 5) is 25.2. The second-order valence-corrected chi connectivity index (χ2v) is 4.32. The lowest BCUT2D eigenvalue weighted by molar-refractivity contribution is -0.121. The van der Waals surface area contributed by atoms with E-state index in [-0.39, 0.29) is 18.4 Å². The predicted octanol–water partition coefficient (Wildman–Crippen LogP) is -1.65. The number of carbonyl (C=O) groups is 2. The highest BCUT2D eigenvalue weighted by molar-refractivity contribution is 5.95. The number of amides is 2. The molecule has 1 aliphatic heterocycles. The van der Waals surface area contributed by atoms with Crippen LogP contribution in [0.25, 0.3) is 5.82 Å². The molecule has 104 valence electrons. The van der Waals surface area contributed by atoms with Crippen LogP contribution in [0.2, 0.25) is 0 Å². The van der Waals surface area contributed by atoms with Gasteiger partial charge in [0.2, 0.25) is 5.91 Å². The molecule has 1 aliphatic rings. The van der Waals surface area contributed by atoms with Crippen molar-refractivity contribution in [2.75, 3.05) is 19.6 Å². The molecule has 1 saturated heterocycles. The van der Waals surface area contributed by atoms with Crippen LogP contribution in [-0.4, -0.2) is 66.8 Å². The summed E-state index contributed by atoms with van der Waals surface area (Å²) in [6.07, 6.45) is 2.11. The molecule has 10 nitrogen and oxygen atoms in total. The fourth-order valence-electron chi connectivity index (χ4n) is 1.95.